The number of carbonyl (C=O) groups excluding carboxylic acids is 1. The molecule has 2 aliphatic heterocycles. The van der Waals surface area contributed by atoms with Gasteiger partial charge in [-0.15, -0.1) is 0 Å². The highest BCUT2D eigenvalue weighted by Crippen LogP contribution is 2.42. The number of hydrogen-bond acceptors (Lipinski definition) is 9. The highest BCUT2D eigenvalue weighted by Gasteiger charge is 2.29. The van der Waals surface area contributed by atoms with Crippen LogP contribution in [0.4, 0.5) is 17.1 Å². The van der Waals surface area contributed by atoms with Gasteiger partial charge in [0.15, 0.2) is 12.3 Å². The summed E-state index contributed by atoms with van der Waals surface area (Å²) in [5.74, 6) is -0.220. The van der Waals surface area contributed by atoms with Gasteiger partial charge >= 0.3 is 5.97 Å². The van der Waals surface area contributed by atoms with Crippen LogP contribution in [0.5, 0.6) is 5.75 Å². The van der Waals surface area contributed by atoms with Gasteiger partial charge in [0.25, 0.3) is 5.01 Å². The van der Waals surface area contributed by atoms with Crippen molar-refractivity contribution in [3.63, 3.8) is 0 Å². The summed E-state index contributed by atoms with van der Waals surface area (Å²) in [5.41, 5.74) is 7.51. The molecule has 59 heavy (non-hydrogen) atoms. The van der Waals surface area contributed by atoms with E-state index in [0.717, 1.165) is 55.3 Å². The lowest BCUT2D eigenvalue weighted by molar-refractivity contribution is -0.669. The molecule has 306 valence electrons. The number of nitrogens with zero attached hydrogens (tertiary/aromatic N) is 3. The summed E-state index contributed by atoms with van der Waals surface area (Å²) in [7, 11) is -4.38. The molecule has 1 unspecified atom stereocenters. The first-order chi connectivity index (χ1) is 28.5. The van der Waals surface area contributed by atoms with E-state index in [9.17, 15) is 27.7 Å². The molecule has 13 heteroatoms. The number of anilines is 3. The fourth-order valence-electron chi connectivity index (χ4n) is 7.49. The third-order valence-electron chi connectivity index (χ3n) is 10.5. The SMILES string of the molecule is CCC(/C=C1\Oc2ccc(-c3ccccc3)cc2N1CCCS(=O)(=O)[O-])=C\c1sc2ccc(C)cc2[n+]1CCCCC(=O)Nc1cccc(N2CC=CCC2C(=O)O)c1. The van der Waals surface area contributed by atoms with Crippen molar-refractivity contribution in [2.24, 2.45) is 0 Å². The Labute approximate surface area is 349 Å². The number of allylic oxidation sites excluding steroid dienone is 2. The van der Waals surface area contributed by atoms with E-state index in [4.69, 9.17) is 4.74 Å². The Hall–Kier alpha value is -5.76. The van der Waals surface area contributed by atoms with Crippen LogP contribution in [0, 0.1) is 6.92 Å². The van der Waals surface area contributed by atoms with Crippen LogP contribution in [0.25, 0.3) is 27.4 Å². The van der Waals surface area contributed by atoms with E-state index in [1.807, 2.05) is 101 Å². The molecule has 0 bridgehead atoms. The van der Waals surface area contributed by atoms with Gasteiger partial charge in [-0.1, -0.05) is 78.9 Å². The van der Waals surface area contributed by atoms with Gasteiger partial charge in [-0.05, 0) is 91.3 Å². The predicted molar refractivity (Wildman–Crippen MR) is 234 cm³/mol. The lowest BCUT2D eigenvalue weighted by atomic mass is 10.0. The zero-order valence-corrected chi connectivity index (χ0v) is 34.8. The van der Waals surface area contributed by atoms with Crippen LogP contribution in [-0.2, 0) is 26.3 Å². The summed E-state index contributed by atoms with van der Waals surface area (Å²) in [6, 6.07) is 29.1. The summed E-state index contributed by atoms with van der Waals surface area (Å²) in [6.45, 7) is 5.64. The number of aryl methyl sites for hydroxylation is 2. The first-order valence-corrected chi connectivity index (χ1v) is 22.3. The van der Waals surface area contributed by atoms with Gasteiger partial charge in [0, 0.05) is 61.3 Å². The van der Waals surface area contributed by atoms with E-state index < -0.39 is 27.9 Å². The van der Waals surface area contributed by atoms with Crippen LogP contribution < -0.4 is 24.4 Å². The monoisotopic (exact) mass is 832 g/mol. The molecule has 0 saturated carbocycles. The summed E-state index contributed by atoms with van der Waals surface area (Å²) in [5, 5.41) is 13.8. The van der Waals surface area contributed by atoms with E-state index in [0.29, 0.717) is 56.1 Å². The van der Waals surface area contributed by atoms with Gasteiger partial charge in [-0.3, -0.25) is 4.79 Å². The standard InChI is InChI=1S/C46H48N4O7S2/c1-3-33(28-44-49(25-12-26-59(54,55)56)39-30-35(20-21-41(39)57-44)34-13-5-4-6-14-34)29-45-50(40-27-32(2)19-22-42(40)58-45)24-10-8-18-43(51)47-36-15-11-16-37(31-36)48-23-9-7-17-38(48)46(52)53/h4-7,9,11,13-16,19-22,27-31,38H,3,8,10,12,17-18,23-26H2,1-2H3,(H2-,47,51,52,53,54,55,56). The number of carboxylic acid groups (broad SMARTS) is 1. The molecule has 4 aromatic carbocycles. The topological polar surface area (TPSA) is 143 Å². The molecule has 0 radical (unpaired) electrons. The number of benzene rings is 4. The second-order valence-electron chi connectivity index (χ2n) is 14.8. The van der Waals surface area contributed by atoms with Crippen LogP contribution in [0.15, 0.2) is 121 Å². The molecule has 1 aromatic heterocycles. The van der Waals surface area contributed by atoms with E-state index in [1.54, 1.807) is 11.3 Å². The molecule has 3 heterocycles. The Morgan fingerprint density at radius 1 is 0.983 bits per heavy atom. The second kappa shape index (κ2) is 18.4. The van der Waals surface area contributed by atoms with Crippen molar-refractivity contribution in [3.8, 4) is 16.9 Å². The number of carbonyl (C=O) groups is 2. The summed E-state index contributed by atoms with van der Waals surface area (Å²) < 4.78 is 44.5. The van der Waals surface area contributed by atoms with Gasteiger partial charge in [-0.2, -0.15) is 4.57 Å². The van der Waals surface area contributed by atoms with Gasteiger partial charge in [0.05, 0.1) is 15.8 Å². The van der Waals surface area contributed by atoms with Gasteiger partial charge < -0.3 is 29.5 Å². The first-order valence-electron chi connectivity index (χ1n) is 19.9. The normalized spacial score (nSPS) is 16.1. The number of nitrogens with one attached hydrogen (secondary N) is 1. The molecule has 0 aliphatic carbocycles. The number of aromatic nitrogens is 1. The van der Waals surface area contributed by atoms with Crippen molar-refractivity contribution in [1.82, 2.24) is 0 Å². The van der Waals surface area contributed by atoms with Crippen LogP contribution in [-0.4, -0.2) is 54.8 Å². The van der Waals surface area contributed by atoms with E-state index in [1.165, 1.54) is 0 Å². The number of fused-ring (bicyclic) bond motifs is 2. The molecular weight excluding hydrogens is 785 g/mol. The Kier molecular flexibility index (Phi) is 12.9. The Morgan fingerprint density at radius 3 is 2.59 bits per heavy atom. The second-order valence-corrected chi connectivity index (χ2v) is 17.4. The van der Waals surface area contributed by atoms with E-state index in [-0.39, 0.29) is 18.9 Å². The first kappa shape index (κ1) is 41.4. The fourth-order valence-corrected chi connectivity index (χ4v) is 9.12. The smallest absolute Gasteiger partial charge is 0.326 e. The predicted octanol–water partition coefficient (Wildman–Crippen LogP) is 8.66. The summed E-state index contributed by atoms with van der Waals surface area (Å²) in [6.07, 6.45) is 11.0. The number of rotatable bonds is 16. The molecule has 11 nitrogen and oxygen atoms in total. The number of unbranched alkanes of at least 4 members (excludes halogenated alkanes) is 1. The quantitative estimate of drug-likeness (QED) is 0.0432. The number of amides is 1. The molecule has 5 aromatic rings. The third kappa shape index (κ3) is 10.3. The van der Waals surface area contributed by atoms with Gasteiger partial charge in [0.2, 0.25) is 17.3 Å². The highest BCUT2D eigenvalue weighted by molar-refractivity contribution is 7.85. The van der Waals surface area contributed by atoms with Crippen LogP contribution >= 0.6 is 11.3 Å². The Bertz CT molecular complexity index is 2550. The maximum Gasteiger partial charge on any atom is 0.326 e. The van der Waals surface area contributed by atoms with Crippen LogP contribution in [0.2, 0.25) is 0 Å². The van der Waals surface area contributed by atoms with E-state index >= 15 is 0 Å². The van der Waals surface area contributed by atoms with Gasteiger partial charge in [0.1, 0.15) is 10.7 Å². The molecule has 2 aliphatic rings. The maximum absolute atomic E-state index is 13.1. The number of hydrogen-bond donors (Lipinski definition) is 2. The number of aliphatic carboxylic acids is 1. The van der Waals surface area contributed by atoms with Crippen molar-refractivity contribution >= 4 is 66.7 Å². The number of thiazole rings is 1. The number of ether oxygens (including phenoxy) is 1. The molecule has 2 N–H and O–H groups in total. The van der Waals surface area contributed by atoms with E-state index in [2.05, 4.69) is 48.0 Å². The average Bonchev–Trinajstić information content (AvgIpc) is 3.74. The lowest BCUT2D eigenvalue weighted by Crippen LogP contribution is -2.43. The van der Waals surface area contributed by atoms with Crippen molar-refractivity contribution < 1.29 is 37.0 Å². The van der Waals surface area contributed by atoms with Crippen molar-refractivity contribution in [1.29, 1.82) is 0 Å². The molecule has 1 amide bonds. The van der Waals surface area contributed by atoms with Crippen molar-refractivity contribution in [3.05, 3.63) is 131 Å². The zero-order chi connectivity index (χ0) is 41.5. The molecule has 0 fully saturated rings. The molecule has 0 spiro atoms. The summed E-state index contributed by atoms with van der Waals surface area (Å²) in [4.78, 5) is 28.7. The minimum atomic E-state index is -4.38. The molecule has 7 rings (SSSR count). The molecule has 0 saturated heterocycles. The van der Waals surface area contributed by atoms with Crippen LogP contribution in [0.3, 0.4) is 0 Å². The Morgan fingerprint density at radius 2 is 1.81 bits per heavy atom. The Balaban J connectivity index is 1.08. The lowest BCUT2D eigenvalue weighted by Gasteiger charge is -2.32. The van der Waals surface area contributed by atoms with Crippen LogP contribution in [0.1, 0.15) is 56.0 Å². The average molecular weight is 833 g/mol. The minimum Gasteiger partial charge on any atom is -0.748 e. The van der Waals surface area contributed by atoms with Crippen molar-refractivity contribution in [2.75, 3.05) is 34.0 Å². The third-order valence-corrected chi connectivity index (χ3v) is 12.4. The molecular formula is C46H48N4O7S2. The van der Waals surface area contributed by atoms with Crippen molar-refractivity contribution in [2.45, 2.75) is 65.0 Å². The zero-order valence-electron chi connectivity index (χ0n) is 33.2. The largest absolute Gasteiger partial charge is 0.748 e. The maximum atomic E-state index is 13.1. The molecule has 1 atom stereocenters. The minimum absolute atomic E-state index is 0.0997. The summed E-state index contributed by atoms with van der Waals surface area (Å²) >= 11 is 1.70. The fraction of sp³-hybridized carbons (Fsp3) is 0.283. The number of carboxylic acids is 1. The highest BCUT2D eigenvalue weighted by atomic mass is 32.2. The van der Waals surface area contributed by atoms with Gasteiger partial charge in [-0.25, -0.2) is 13.2 Å².